The summed E-state index contributed by atoms with van der Waals surface area (Å²) in [5.74, 6) is -1.82. The molecule has 38 nitrogen and oxygen atoms in total. The summed E-state index contributed by atoms with van der Waals surface area (Å²) in [4.78, 5) is 25.6. The molecule has 2 amide bonds. The number of aliphatic hydroxyl groups is 21. The number of nitrogens with one attached hydrogen (secondary N) is 2. The van der Waals surface area contributed by atoms with E-state index in [2.05, 4.69) is 10.6 Å². The van der Waals surface area contributed by atoms with E-state index in [4.69, 9.17) is 61.6 Å². The molecule has 38 heteroatoms. The van der Waals surface area contributed by atoms with Crippen LogP contribution in [0.1, 0.15) is 13.8 Å². The zero-order valence-electron chi connectivity index (χ0n) is 44.7. The van der Waals surface area contributed by atoms with Gasteiger partial charge in [-0.05, 0) is 0 Å². The summed E-state index contributed by atoms with van der Waals surface area (Å²) in [7, 11) is 0. The molecule has 7 aliphatic rings. The van der Waals surface area contributed by atoms with Crippen molar-refractivity contribution in [3.05, 3.63) is 0 Å². The minimum atomic E-state index is -2.39. The maximum Gasteiger partial charge on any atom is 0.217 e. The standard InChI is InChI=1S/C46H78N2O36/c1-10(55)47-19-25(61)35(81-44-31(67)28(64)22(58)13(4-50)75-44)15(6-52)77-41(19)80-37-17(8-54)79-46(83-38-24(60)18(73-40(71)34(38)70)9-72-43-30(66)27(63)21(57)12(3-49)74-43)39(33(37)69)84-42-20(48-11(2)56)26(62)36(16(7-53)78-42)82-45-32(68)29(65)23(59)14(5-51)76-45/h12-46,49-54,57-71H,3-9H2,1-2H3,(H,47,55)(H,48,56)/t12-,13-,14-,15-,16-,17-,18-,19-,20-,21-,22+,23+,24-,25-,26-,27+,28+,29+,30+,31-,32+,33+,34+,35-,36-,37-,38+,39+,40-,41+,42+,43+,44+,45+,46-/m1/s1. The number of carbonyl (C=O) groups excluding carboxylic acids is 2. The maximum atomic E-state index is 12.8. The molecule has 84 heavy (non-hydrogen) atoms. The van der Waals surface area contributed by atoms with E-state index in [9.17, 15) is 117 Å². The first-order valence-electron chi connectivity index (χ1n) is 26.6. The molecule has 488 valence electrons. The number of hydrogen-bond acceptors (Lipinski definition) is 36. The molecule has 7 fully saturated rings. The highest BCUT2D eigenvalue weighted by molar-refractivity contribution is 5.73. The van der Waals surface area contributed by atoms with Crippen LogP contribution in [-0.4, -0.2) is 380 Å². The molecule has 7 rings (SSSR count). The van der Waals surface area contributed by atoms with Gasteiger partial charge in [-0.1, -0.05) is 0 Å². The van der Waals surface area contributed by atoms with Crippen LogP contribution in [0.2, 0.25) is 0 Å². The Balaban J connectivity index is 1.21. The lowest BCUT2D eigenvalue weighted by Gasteiger charge is -2.51. The zero-order chi connectivity index (χ0) is 61.9. The summed E-state index contributed by atoms with van der Waals surface area (Å²) in [6, 6.07) is -3.76. The van der Waals surface area contributed by atoms with Crippen molar-refractivity contribution in [3.8, 4) is 0 Å². The lowest BCUT2D eigenvalue weighted by Crippen LogP contribution is -2.71. The van der Waals surface area contributed by atoms with Crippen molar-refractivity contribution in [1.29, 1.82) is 0 Å². The summed E-state index contributed by atoms with van der Waals surface area (Å²) < 4.78 is 74.9. The Morgan fingerprint density at radius 2 is 0.631 bits per heavy atom. The Labute approximate surface area is 475 Å². The Kier molecular flexibility index (Phi) is 24.6. The van der Waals surface area contributed by atoms with Crippen LogP contribution in [0.25, 0.3) is 0 Å². The van der Waals surface area contributed by atoms with Gasteiger partial charge in [-0.25, -0.2) is 0 Å². The van der Waals surface area contributed by atoms with Crippen LogP contribution in [0.15, 0.2) is 0 Å². The van der Waals surface area contributed by atoms with Gasteiger partial charge in [0.15, 0.2) is 44.0 Å². The van der Waals surface area contributed by atoms with Gasteiger partial charge < -0.3 is 179 Å². The predicted molar refractivity (Wildman–Crippen MR) is 255 cm³/mol. The van der Waals surface area contributed by atoms with Gasteiger partial charge in [0.2, 0.25) is 11.8 Å². The van der Waals surface area contributed by atoms with Gasteiger partial charge >= 0.3 is 0 Å². The van der Waals surface area contributed by atoms with E-state index in [1.165, 1.54) is 0 Å². The van der Waals surface area contributed by atoms with Crippen LogP contribution in [0.5, 0.6) is 0 Å². The van der Waals surface area contributed by atoms with Gasteiger partial charge in [-0.3, -0.25) is 9.59 Å². The lowest BCUT2D eigenvalue weighted by atomic mass is 9.93. The van der Waals surface area contributed by atoms with Crippen LogP contribution in [0.3, 0.4) is 0 Å². The Hall–Kier alpha value is -2.42. The number of hydrogen-bond donors (Lipinski definition) is 23. The highest BCUT2D eigenvalue weighted by atomic mass is 16.8. The molecule has 0 saturated carbocycles. The molecule has 0 spiro atoms. The molecule has 23 N–H and O–H groups in total. The monoisotopic (exact) mass is 1230 g/mol. The van der Waals surface area contributed by atoms with Gasteiger partial charge in [0.05, 0.1) is 46.2 Å². The SMILES string of the molecule is CC(=O)N[C@H]1[C@H](O[C@@H]2[C@@H](O[C@@H]3[C@H](O)[C@H](O)O[C@H](CO[C@H]4O[C@H](CO)[C@@H](O)[C@H](O)[C@@H]4O)[C@H]3O)O[C@H](CO)[C@@H](O[C@@H]3O[C@H](CO)[C@@H](O[C@@H]4O[C@H](CO)[C@H](O)[C@H](O)[C@H]4O)[C@H](O)[C@H]3NC(C)=O)[C@@H]2O)O[C@H](CO)[C@@H](O[C@@H]2O[C@H](CO)[C@H](O)[C@H](O)[C@@H]2O)[C@@H]1O. The van der Waals surface area contributed by atoms with E-state index in [0.717, 1.165) is 13.8 Å². The highest BCUT2D eigenvalue weighted by Gasteiger charge is 2.59. The fourth-order valence-electron chi connectivity index (χ4n) is 10.7. The van der Waals surface area contributed by atoms with Crippen molar-refractivity contribution in [2.24, 2.45) is 0 Å². The van der Waals surface area contributed by atoms with Crippen molar-refractivity contribution in [1.82, 2.24) is 10.6 Å². The quantitative estimate of drug-likeness (QED) is 0.0507. The second-order valence-electron chi connectivity index (χ2n) is 21.1. The third-order valence-electron chi connectivity index (χ3n) is 15.3. The molecule has 7 aliphatic heterocycles. The first-order valence-corrected chi connectivity index (χ1v) is 26.6. The smallest absolute Gasteiger partial charge is 0.217 e. The average molecular weight is 1240 g/mol. The molecule has 0 bridgehead atoms. The van der Waals surface area contributed by atoms with Gasteiger partial charge in [-0.15, -0.1) is 0 Å². The van der Waals surface area contributed by atoms with Crippen LogP contribution >= 0.6 is 0 Å². The summed E-state index contributed by atoms with van der Waals surface area (Å²) >= 11 is 0. The minimum absolute atomic E-state index is 0.863. The van der Waals surface area contributed by atoms with Gasteiger partial charge in [-0.2, -0.15) is 0 Å². The summed E-state index contributed by atoms with van der Waals surface area (Å²) in [6.45, 7) is -5.01. The van der Waals surface area contributed by atoms with Crippen molar-refractivity contribution in [2.45, 2.75) is 229 Å². The molecule has 0 aromatic carbocycles. The molecule has 35 atom stereocenters. The largest absolute Gasteiger partial charge is 0.394 e. The number of aliphatic hydroxyl groups excluding tert-OH is 21. The number of amides is 2. The molecule has 0 unspecified atom stereocenters. The van der Waals surface area contributed by atoms with E-state index >= 15 is 0 Å². The molecular formula is C46H78N2O36. The molecule has 0 radical (unpaired) electrons. The van der Waals surface area contributed by atoms with Crippen molar-refractivity contribution in [2.75, 3.05) is 46.2 Å². The van der Waals surface area contributed by atoms with E-state index in [1.807, 2.05) is 0 Å². The van der Waals surface area contributed by atoms with Crippen LogP contribution in [0, 0.1) is 0 Å². The van der Waals surface area contributed by atoms with Crippen molar-refractivity contribution < 1.29 is 178 Å². The second-order valence-corrected chi connectivity index (χ2v) is 21.1. The Morgan fingerprint density at radius 3 is 1.02 bits per heavy atom. The Bertz CT molecular complexity index is 2060. The fourth-order valence-corrected chi connectivity index (χ4v) is 10.7. The number of ether oxygens (including phenoxy) is 13. The van der Waals surface area contributed by atoms with E-state index in [-0.39, 0.29) is 0 Å². The fraction of sp³-hybridized carbons (Fsp3) is 0.957. The summed E-state index contributed by atoms with van der Waals surface area (Å²) in [5, 5.41) is 230. The second kappa shape index (κ2) is 29.9. The van der Waals surface area contributed by atoms with Crippen molar-refractivity contribution in [3.63, 3.8) is 0 Å². The third kappa shape index (κ3) is 14.7. The van der Waals surface area contributed by atoms with Gasteiger partial charge in [0, 0.05) is 13.8 Å². The number of rotatable bonds is 21. The lowest BCUT2D eigenvalue weighted by molar-refractivity contribution is -0.400. The first kappa shape index (κ1) is 69.1. The predicted octanol–water partition coefficient (Wildman–Crippen LogP) is -16.0. The van der Waals surface area contributed by atoms with Gasteiger partial charge in [0.1, 0.15) is 171 Å². The Morgan fingerprint density at radius 1 is 0.310 bits per heavy atom. The van der Waals surface area contributed by atoms with Crippen LogP contribution < -0.4 is 10.6 Å². The molecule has 0 aromatic rings. The molecular weight excluding hydrogens is 1160 g/mol. The number of carbonyl (C=O) groups is 2. The zero-order valence-corrected chi connectivity index (χ0v) is 44.7. The van der Waals surface area contributed by atoms with Crippen molar-refractivity contribution >= 4 is 11.8 Å². The average Bonchev–Trinajstić information content (AvgIpc) is 3.27. The van der Waals surface area contributed by atoms with Crippen LogP contribution in [0.4, 0.5) is 0 Å². The highest BCUT2D eigenvalue weighted by Crippen LogP contribution is 2.38. The summed E-state index contributed by atoms with van der Waals surface area (Å²) in [6.07, 6.45) is -65.2. The molecule has 0 aliphatic carbocycles. The minimum Gasteiger partial charge on any atom is -0.394 e. The normalized spacial score (nSPS) is 50.3. The summed E-state index contributed by atoms with van der Waals surface area (Å²) in [5.41, 5.74) is 0. The topological polar surface area (TPSA) is 603 Å². The first-order chi connectivity index (χ1) is 39.7. The molecule has 7 saturated heterocycles. The van der Waals surface area contributed by atoms with E-state index in [1.54, 1.807) is 0 Å². The van der Waals surface area contributed by atoms with E-state index in [0.29, 0.717) is 0 Å². The molecule has 7 heterocycles. The van der Waals surface area contributed by atoms with E-state index < -0.39 is 273 Å². The van der Waals surface area contributed by atoms with Crippen LogP contribution in [-0.2, 0) is 71.2 Å². The van der Waals surface area contributed by atoms with Gasteiger partial charge in [0.25, 0.3) is 0 Å². The molecule has 0 aromatic heterocycles. The third-order valence-corrected chi connectivity index (χ3v) is 15.3. The maximum absolute atomic E-state index is 12.8.